The Morgan fingerprint density at radius 2 is 2.22 bits per heavy atom. The summed E-state index contributed by atoms with van der Waals surface area (Å²) >= 11 is 7.29. The summed E-state index contributed by atoms with van der Waals surface area (Å²) in [6, 6.07) is 7.69. The first-order chi connectivity index (χ1) is 11.1. The highest BCUT2D eigenvalue weighted by Gasteiger charge is 2.21. The maximum Gasteiger partial charge on any atom is 0.253 e. The minimum absolute atomic E-state index is 0.126. The van der Waals surface area contributed by atoms with Crippen LogP contribution in [-0.4, -0.2) is 28.9 Å². The van der Waals surface area contributed by atoms with Crippen LogP contribution in [0.25, 0.3) is 0 Å². The normalized spacial score (nSPS) is 15.7. The van der Waals surface area contributed by atoms with Gasteiger partial charge < -0.3 is 10.2 Å². The average Bonchev–Trinajstić information content (AvgIpc) is 2.99. The highest BCUT2D eigenvalue weighted by Crippen LogP contribution is 2.21. The van der Waals surface area contributed by atoms with Crippen molar-refractivity contribution in [2.45, 2.75) is 26.3 Å². The zero-order chi connectivity index (χ0) is 16.2. The number of aromatic nitrogens is 1. The van der Waals surface area contributed by atoms with Gasteiger partial charge in [-0.2, -0.15) is 0 Å². The lowest BCUT2D eigenvalue weighted by atomic mass is 9.98. The van der Waals surface area contributed by atoms with E-state index in [1.807, 2.05) is 29.2 Å². The minimum Gasteiger partial charge on any atom is -0.380 e. The number of rotatable bonds is 4. The quantitative estimate of drug-likeness (QED) is 0.896. The van der Waals surface area contributed by atoms with Gasteiger partial charge in [-0.25, -0.2) is 4.98 Å². The van der Waals surface area contributed by atoms with E-state index in [2.05, 4.69) is 17.2 Å². The van der Waals surface area contributed by atoms with Crippen molar-refractivity contribution in [2.24, 2.45) is 5.92 Å². The topological polar surface area (TPSA) is 45.2 Å². The van der Waals surface area contributed by atoms with Gasteiger partial charge in [0.05, 0.1) is 6.54 Å². The number of anilines is 1. The van der Waals surface area contributed by atoms with Gasteiger partial charge in [-0.1, -0.05) is 24.6 Å². The molecule has 4 nitrogen and oxygen atoms in total. The van der Waals surface area contributed by atoms with Gasteiger partial charge in [0.25, 0.3) is 5.91 Å². The summed E-state index contributed by atoms with van der Waals surface area (Å²) in [7, 11) is 0. The molecule has 23 heavy (non-hydrogen) atoms. The van der Waals surface area contributed by atoms with Crippen molar-refractivity contribution in [1.82, 2.24) is 9.88 Å². The Labute approximate surface area is 145 Å². The van der Waals surface area contributed by atoms with E-state index in [4.69, 9.17) is 11.6 Å². The molecule has 0 bridgehead atoms. The van der Waals surface area contributed by atoms with Crippen molar-refractivity contribution < 1.29 is 4.79 Å². The van der Waals surface area contributed by atoms with Crippen LogP contribution in [0.3, 0.4) is 0 Å². The first-order valence-corrected chi connectivity index (χ1v) is 9.04. The summed E-state index contributed by atoms with van der Waals surface area (Å²) in [4.78, 5) is 19.7. The Morgan fingerprint density at radius 1 is 1.43 bits per heavy atom. The molecule has 0 spiro atoms. The third-order valence-corrected chi connectivity index (χ3v) is 5.29. The number of likely N-dealkylation sites (tertiary alicyclic amines) is 1. The molecule has 0 radical (unpaired) electrons. The van der Waals surface area contributed by atoms with Crippen LogP contribution in [0, 0.1) is 5.92 Å². The SMILES string of the molecule is CC1CCN(C(=O)c2cccc(NCc3cnc(Cl)s3)c2)CC1. The molecule has 1 fully saturated rings. The predicted molar refractivity (Wildman–Crippen MR) is 95.2 cm³/mol. The van der Waals surface area contributed by atoms with Crippen LogP contribution < -0.4 is 5.32 Å². The largest absolute Gasteiger partial charge is 0.380 e. The summed E-state index contributed by atoms with van der Waals surface area (Å²) in [6.45, 7) is 4.62. The molecule has 2 aromatic rings. The van der Waals surface area contributed by atoms with Gasteiger partial charge in [-0.15, -0.1) is 11.3 Å². The van der Waals surface area contributed by atoms with Crippen LogP contribution in [-0.2, 0) is 6.54 Å². The maximum absolute atomic E-state index is 12.6. The maximum atomic E-state index is 12.6. The van der Waals surface area contributed by atoms with Crippen molar-refractivity contribution in [3.8, 4) is 0 Å². The predicted octanol–water partition coefficient (Wildman–Crippen LogP) is 4.28. The standard InChI is InChI=1S/C17H20ClN3OS/c1-12-5-7-21(8-6-12)16(22)13-3-2-4-14(9-13)19-10-15-11-20-17(18)23-15/h2-4,9,11-12,19H,5-8,10H2,1H3. The Bertz CT molecular complexity index is 680. The first-order valence-electron chi connectivity index (χ1n) is 7.85. The summed E-state index contributed by atoms with van der Waals surface area (Å²) in [5, 5.41) is 3.32. The number of carbonyl (C=O) groups is 1. The van der Waals surface area contributed by atoms with Crippen LogP contribution in [0.2, 0.25) is 4.47 Å². The van der Waals surface area contributed by atoms with E-state index < -0.39 is 0 Å². The van der Waals surface area contributed by atoms with Crippen molar-refractivity contribution >= 4 is 34.5 Å². The van der Waals surface area contributed by atoms with Gasteiger partial charge in [-0.05, 0) is 37.0 Å². The third kappa shape index (κ3) is 4.24. The number of carbonyl (C=O) groups excluding carboxylic acids is 1. The molecule has 0 atom stereocenters. The molecule has 1 amide bonds. The third-order valence-electron chi connectivity index (χ3n) is 4.17. The molecular formula is C17H20ClN3OS. The molecular weight excluding hydrogens is 330 g/mol. The Balaban J connectivity index is 1.63. The molecule has 1 aromatic heterocycles. The molecule has 1 saturated heterocycles. The number of thiazole rings is 1. The molecule has 0 unspecified atom stereocenters. The number of hydrogen-bond acceptors (Lipinski definition) is 4. The molecule has 1 aliphatic rings. The second-order valence-corrected chi connectivity index (χ2v) is 7.69. The zero-order valence-electron chi connectivity index (χ0n) is 13.1. The van der Waals surface area contributed by atoms with Crippen LogP contribution in [0.4, 0.5) is 5.69 Å². The van der Waals surface area contributed by atoms with E-state index in [1.165, 1.54) is 11.3 Å². The molecule has 0 saturated carbocycles. The minimum atomic E-state index is 0.126. The second-order valence-electron chi connectivity index (χ2n) is 5.99. The smallest absolute Gasteiger partial charge is 0.253 e. The average molecular weight is 350 g/mol. The molecule has 2 heterocycles. The zero-order valence-corrected chi connectivity index (χ0v) is 14.7. The van der Waals surface area contributed by atoms with Gasteiger partial charge in [0.15, 0.2) is 4.47 Å². The lowest BCUT2D eigenvalue weighted by Gasteiger charge is -2.30. The number of nitrogens with one attached hydrogen (secondary N) is 1. The Kier molecular flexibility index (Phi) is 5.18. The van der Waals surface area contributed by atoms with Crippen molar-refractivity contribution in [3.63, 3.8) is 0 Å². The van der Waals surface area contributed by atoms with Gasteiger partial charge in [-0.3, -0.25) is 4.79 Å². The summed E-state index contributed by atoms with van der Waals surface area (Å²) in [5.74, 6) is 0.847. The summed E-state index contributed by atoms with van der Waals surface area (Å²) in [6.07, 6.45) is 3.95. The first kappa shape index (κ1) is 16.3. The van der Waals surface area contributed by atoms with Crippen LogP contribution >= 0.6 is 22.9 Å². The molecule has 122 valence electrons. The fraction of sp³-hybridized carbons (Fsp3) is 0.412. The number of benzene rings is 1. The van der Waals surface area contributed by atoms with E-state index in [0.29, 0.717) is 11.0 Å². The van der Waals surface area contributed by atoms with Gasteiger partial charge in [0.2, 0.25) is 0 Å². The highest BCUT2D eigenvalue weighted by molar-refractivity contribution is 7.15. The highest BCUT2D eigenvalue weighted by atomic mass is 35.5. The Hall–Kier alpha value is -1.59. The van der Waals surface area contributed by atoms with E-state index in [-0.39, 0.29) is 5.91 Å². The lowest BCUT2D eigenvalue weighted by Crippen LogP contribution is -2.37. The number of piperidine rings is 1. The number of hydrogen-bond donors (Lipinski definition) is 1. The molecule has 1 N–H and O–H groups in total. The summed E-state index contributed by atoms with van der Waals surface area (Å²) < 4.78 is 0.546. The number of halogens is 1. The van der Waals surface area contributed by atoms with Crippen molar-refractivity contribution in [1.29, 1.82) is 0 Å². The van der Waals surface area contributed by atoms with Crippen LogP contribution in [0.1, 0.15) is 35.0 Å². The lowest BCUT2D eigenvalue weighted by molar-refractivity contribution is 0.0697. The fourth-order valence-electron chi connectivity index (χ4n) is 2.71. The van der Waals surface area contributed by atoms with E-state index in [9.17, 15) is 4.79 Å². The number of amides is 1. The molecule has 1 aliphatic heterocycles. The fourth-order valence-corrected chi connectivity index (χ4v) is 3.63. The summed E-state index contributed by atoms with van der Waals surface area (Å²) in [5.41, 5.74) is 1.68. The number of nitrogens with zero attached hydrogens (tertiary/aromatic N) is 2. The van der Waals surface area contributed by atoms with Crippen LogP contribution in [0.5, 0.6) is 0 Å². The van der Waals surface area contributed by atoms with Gasteiger partial charge in [0.1, 0.15) is 0 Å². The molecule has 6 heteroatoms. The van der Waals surface area contributed by atoms with E-state index >= 15 is 0 Å². The van der Waals surface area contributed by atoms with Crippen LogP contribution in [0.15, 0.2) is 30.5 Å². The van der Waals surface area contributed by atoms with Crippen molar-refractivity contribution in [2.75, 3.05) is 18.4 Å². The van der Waals surface area contributed by atoms with Gasteiger partial charge in [0, 0.05) is 35.4 Å². The molecule has 0 aliphatic carbocycles. The van der Waals surface area contributed by atoms with E-state index in [0.717, 1.165) is 48.0 Å². The Morgan fingerprint density at radius 3 is 2.91 bits per heavy atom. The second kappa shape index (κ2) is 7.32. The monoisotopic (exact) mass is 349 g/mol. The van der Waals surface area contributed by atoms with Crippen molar-refractivity contribution in [3.05, 3.63) is 45.4 Å². The van der Waals surface area contributed by atoms with E-state index in [1.54, 1.807) is 6.20 Å². The van der Waals surface area contributed by atoms with Gasteiger partial charge >= 0.3 is 0 Å². The molecule has 1 aromatic carbocycles. The molecule has 3 rings (SSSR count).